The Bertz CT molecular complexity index is 1260. The third-order valence-electron chi connectivity index (χ3n) is 8.46. The molecule has 3 aliphatic rings. The lowest BCUT2D eigenvalue weighted by molar-refractivity contribution is -0.124. The molecule has 5 rings (SSSR count). The SMILES string of the molecule is CC(C)(C)C[C@@H]1N[C@@H](C(=O)CC2CC(C)(C)C2)[C@H](c2cccc(Cl)c2F)[C@]12C(=O)Nc1cc(Cl)ccc12. The molecule has 2 fully saturated rings. The third-order valence-corrected chi connectivity index (χ3v) is 8.98. The Labute approximate surface area is 228 Å². The number of halogens is 3. The van der Waals surface area contributed by atoms with Crippen LogP contribution in [0.1, 0.15) is 77.3 Å². The molecule has 4 atom stereocenters. The molecule has 37 heavy (non-hydrogen) atoms. The van der Waals surface area contributed by atoms with Crippen LogP contribution in [0.2, 0.25) is 10.0 Å². The van der Waals surface area contributed by atoms with Gasteiger partial charge in [-0.3, -0.25) is 9.59 Å². The molecule has 1 spiro atoms. The quantitative estimate of drug-likeness (QED) is 0.415. The molecule has 1 saturated heterocycles. The maximum atomic E-state index is 15.8. The maximum absolute atomic E-state index is 15.8. The van der Waals surface area contributed by atoms with Crippen molar-refractivity contribution in [2.24, 2.45) is 16.7 Å². The van der Waals surface area contributed by atoms with Gasteiger partial charge in [-0.25, -0.2) is 4.39 Å². The lowest BCUT2D eigenvalue weighted by Crippen LogP contribution is -2.49. The molecule has 7 heteroatoms. The van der Waals surface area contributed by atoms with E-state index < -0.39 is 29.2 Å². The van der Waals surface area contributed by atoms with E-state index in [1.165, 1.54) is 6.07 Å². The van der Waals surface area contributed by atoms with Crippen molar-refractivity contribution in [2.45, 2.75) is 83.7 Å². The van der Waals surface area contributed by atoms with Gasteiger partial charge < -0.3 is 10.6 Å². The minimum absolute atomic E-state index is 0.0198. The lowest BCUT2D eigenvalue weighted by Gasteiger charge is -2.43. The minimum atomic E-state index is -1.20. The molecule has 1 aliphatic carbocycles. The largest absolute Gasteiger partial charge is 0.325 e. The Hall–Kier alpha value is -1.95. The smallest absolute Gasteiger partial charge is 0.237 e. The van der Waals surface area contributed by atoms with E-state index in [0.29, 0.717) is 35.0 Å². The fourth-order valence-corrected chi connectivity index (χ4v) is 7.62. The zero-order valence-corrected chi connectivity index (χ0v) is 23.6. The van der Waals surface area contributed by atoms with E-state index in [1.54, 1.807) is 24.3 Å². The Morgan fingerprint density at radius 2 is 1.84 bits per heavy atom. The van der Waals surface area contributed by atoms with Gasteiger partial charge in [-0.15, -0.1) is 0 Å². The predicted octanol–water partition coefficient (Wildman–Crippen LogP) is 7.28. The van der Waals surface area contributed by atoms with Gasteiger partial charge >= 0.3 is 0 Å². The first-order valence-electron chi connectivity index (χ1n) is 13.1. The van der Waals surface area contributed by atoms with E-state index in [2.05, 4.69) is 45.3 Å². The summed E-state index contributed by atoms with van der Waals surface area (Å²) in [6, 6.07) is 9.07. The highest BCUT2D eigenvalue weighted by molar-refractivity contribution is 6.31. The fraction of sp³-hybridized carbons (Fsp3) is 0.533. The molecule has 1 amide bonds. The lowest BCUT2D eigenvalue weighted by atomic mass is 9.60. The number of carbonyl (C=O) groups excluding carboxylic acids is 2. The molecule has 2 aliphatic heterocycles. The van der Waals surface area contributed by atoms with Crippen molar-refractivity contribution in [1.29, 1.82) is 0 Å². The Morgan fingerprint density at radius 1 is 1.14 bits per heavy atom. The number of fused-ring (bicyclic) bond motifs is 2. The Kier molecular flexibility index (Phi) is 6.53. The van der Waals surface area contributed by atoms with Crippen LogP contribution < -0.4 is 10.6 Å². The van der Waals surface area contributed by atoms with Crippen molar-refractivity contribution < 1.29 is 14.0 Å². The molecule has 4 nitrogen and oxygen atoms in total. The zero-order valence-electron chi connectivity index (χ0n) is 22.1. The molecule has 2 N–H and O–H groups in total. The highest BCUT2D eigenvalue weighted by atomic mass is 35.5. The molecule has 0 aromatic heterocycles. The van der Waals surface area contributed by atoms with Crippen molar-refractivity contribution in [3.8, 4) is 0 Å². The number of Topliss-reactive ketones (excluding diaryl/α,β-unsaturated/α-hetero) is 1. The number of carbonyl (C=O) groups is 2. The van der Waals surface area contributed by atoms with Crippen LogP contribution in [-0.4, -0.2) is 23.8 Å². The van der Waals surface area contributed by atoms with Crippen LogP contribution in [0.25, 0.3) is 0 Å². The minimum Gasteiger partial charge on any atom is -0.325 e. The van der Waals surface area contributed by atoms with Gasteiger partial charge in [-0.2, -0.15) is 0 Å². The highest BCUT2D eigenvalue weighted by Gasteiger charge is 2.66. The number of ketones is 1. The second-order valence-corrected chi connectivity index (χ2v) is 14.0. The number of amides is 1. The highest BCUT2D eigenvalue weighted by Crippen LogP contribution is 2.58. The van der Waals surface area contributed by atoms with Crippen LogP contribution in [0.3, 0.4) is 0 Å². The summed E-state index contributed by atoms with van der Waals surface area (Å²) in [6.07, 6.45) is 2.99. The van der Waals surface area contributed by atoms with E-state index in [9.17, 15) is 9.59 Å². The molecule has 2 heterocycles. The Balaban J connectivity index is 1.69. The molecule has 0 unspecified atom stereocenters. The molecule has 198 valence electrons. The monoisotopic (exact) mass is 544 g/mol. The number of hydrogen-bond donors (Lipinski definition) is 2. The predicted molar refractivity (Wildman–Crippen MR) is 147 cm³/mol. The van der Waals surface area contributed by atoms with Gasteiger partial charge in [0.2, 0.25) is 5.91 Å². The number of rotatable bonds is 5. The molecule has 2 aromatic carbocycles. The molecule has 0 bridgehead atoms. The fourth-order valence-electron chi connectivity index (χ4n) is 7.26. The van der Waals surface area contributed by atoms with Gasteiger partial charge in [0.25, 0.3) is 0 Å². The van der Waals surface area contributed by atoms with E-state index in [-0.39, 0.29) is 27.5 Å². The van der Waals surface area contributed by atoms with Crippen LogP contribution in [0.4, 0.5) is 10.1 Å². The summed E-state index contributed by atoms with van der Waals surface area (Å²) in [5, 5.41) is 7.09. The van der Waals surface area contributed by atoms with Crippen molar-refractivity contribution in [1.82, 2.24) is 5.32 Å². The van der Waals surface area contributed by atoms with Crippen LogP contribution in [0.15, 0.2) is 36.4 Å². The number of benzene rings is 2. The molecular formula is C30H35Cl2FN2O2. The van der Waals surface area contributed by atoms with Gasteiger partial charge in [-0.05, 0) is 65.3 Å². The van der Waals surface area contributed by atoms with E-state index in [4.69, 9.17) is 23.2 Å². The van der Waals surface area contributed by atoms with Crippen molar-refractivity contribution in [3.05, 3.63) is 63.4 Å². The average Bonchev–Trinajstić information content (AvgIpc) is 3.23. The second-order valence-electron chi connectivity index (χ2n) is 13.2. The van der Waals surface area contributed by atoms with Crippen LogP contribution in [0.5, 0.6) is 0 Å². The van der Waals surface area contributed by atoms with E-state index >= 15 is 4.39 Å². The summed E-state index contributed by atoms with van der Waals surface area (Å²) in [5.74, 6) is -1.26. The van der Waals surface area contributed by atoms with Crippen LogP contribution >= 0.6 is 23.2 Å². The first-order chi connectivity index (χ1) is 17.2. The van der Waals surface area contributed by atoms with Crippen molar-refractivity contribution >= 4 is 40.6 Å². The zero-order chi connectivity index (χ0) is 26.9. The van der Waals surface area contributed by atoms with Crippen molar-refractivity contribution in [3.63, 3.8) is 0 Å². The normalized spacial score (nSPS) is 28.8. The molecule has 1 saturated carbocycles. The van der Waals surface area contributed by atoms with E-state index in [1.807, 2.05) is 6.07 Å². The maximum Gasteiger partial charge on any atom is 0.237 e. The van der Waals surface area contributed by atoms with Gasteiger partial charge in [0, 0.05) is 29.1 Å². The second kappa shape index (κ2) is 9.07. The first kappa shape index (κ1) is 26.6. The molecular weight excluding hydrogens is 510 g/mol. The number of nitrogens with one attached hydrogen (secondary N) is 2. The average molecular weight is 546 g/mol. The topological polar surface area (TPSA) is 58.2 Å². The summed E-state index contributed by atoms with van der Waals surface area (Å²) < 4.78 is 15.8. The standard InChI is InChI=1S/C30H35Cl2FN2O2/c1-28(2,3)15-23-30(19-10-9-17(31)12-21(19)34-27(30)37)24(18-7-6-8-20(32)25(18)33)26(35-23)22(36)11-16-13-29(4,5)14-16/h6-10,12,16,23-24,26,35H,11,13-15H2,1-5H3,(H,34,37)/t23-,24-,26-,30+/m0/s1. The van der Waals surface area contributed by atoms with Gasteiger partial charge in [0.15, 0.2) is 5.78 Å². The number of anilines is 1. The molecule has 2 aromatic rings. The molecule has 0 radical (unpaired) electrons. The van der Waals surface area contributed by atoms with Gasteiger partial charge in [-0.1, -0.05) is 76.0 Å². The third kappa shape index (κ3) is 4.51. The summed E-state index contributed by atoms with van der Waals surface area (Å²) in [6.45, 7) is 10.8. The summed E-state index contributed by atoms with van der Waals surface area (Å²) in [7, 11) is 0. The first-order valence-corrected chi connectivity index (χ1v) is 13.8. The Morgan fingerprint density at radius 3 is 2.49 bits per heavy atom. The van der Waals surface area contributed by atoms with Gasteiger partial charge in [0.1, 0.15) is 11.2 Å². The summed E-state index contributed by atoms with van der Waals surface area (Å²) >= 11 is 12.6. The summed E-state index contributed by atoms with van der Waals surface area (Å²) in [5.41, 5.74) is 0.534. The van der Waals surface area contributed by atoms with Crippen LogP contribution in [0, 0.1) is 22.6 Å². The van der Waals surface area contributed by atoms with E-state index in [0.717, 1.165) is 18.4 Å². The van der Waals surface area contributed by atoms with Crippen molar-refractivity contribution in [2.75, 3.05) is 5.32 Å². The summed E-state index contributed by atoms with van der Waals surface area (Å²) in [4.78, 5) is 28.1. The van der Waals surface area contributed by atoms with Gasteiger partial charge in [0.05, 0.1) is 11.1 Å². The van der Waals surface area contributed by atoms with Crippen LogP contribution in [-0.2, 0) is 15.0 Å². The number of hydrogen-bond acceptors (Lipinski definition) is 3.